The first-order chi connectivity index (χ1) is 16.7. The predicted octanol–water partition coefficient (Wildman–Crippen LogP) is 3.86. The number of pyridine rings is 1. The van der Waals surface area contributed by atoms with E-state index in [9.17, 15) is 18.0 Å². The fourth-order valence-electron chi connectivity index (χ4n) is 5.60. The monoisotopic (exact) mass is 495 g/mol. The van der Waals surface area contributed by atoms with Crippen molar-refractivity contribution in [1.29, 1.82) is 5.26 Å². The molecule has 1 saturated heterocycles. The molecule has 4 aliphatic rings. The molecule has 1 amide bonds. The van der Waals surface area contributed by atoms with Crippen LogP contribution in [-0.4, -0.2) is 44.7 Å². The molecule has 178 valence electrons. The maximum absolute atomic E-state index is 14.8. The number of rotatable bonds is 3. The third-order valence-corrected chi connectivity index (χ3v) is 8.68. The number of nitrogens with two attached hydrogens (primary N) is 1. The van der Waals surface area contributed by atoms with Crippen molar-refractivity contribution in [2.45, 2.75) is 35.5 Å². The van der Waals surface area contributed by atoms with Gasteiger partial charge in [-0.1, -0.05) is 23.9 Å². The second-order valence-electron chi connectivity index (χ2n) is 9.58. The van der Waals surface area contributed by atoms with Crippen molar-refractivity contribution < 1.29 is 18.0 Å². The van der Waals surface area contributed by atoms with Crippen LogP contribution in [0.2, 0.25) is 0 Å². The average molecular weight is 496 g/mol. The van der Waals surface area contributed by atoms with E-state index in [1.807, 2.05) is 18.2 Å². The van der Waals surface area contributed by atoms with Gasteiger partial charge in [-0.3, -0.25) is 14.8 Å². The van der Waals surface area contributed by atoms with Gasteiger partial charge in [0.25, 0.3) is 5.92 Å². The zero-order chi connectivity index (χ0) is 24.6. The predicted molar refractivity (Wildman–Crippen MR) is 126 cm³/mol. The van der Waals surface area contributed by atoms with Gasteiger partial charge in [-0.15, -0.1) is 0 Å². The first kappa shape index (κ1) is 22.2. The number of aliphatic imine (C=N–C) groups is 1. The highest BCUT2D eigenvalue weighted by Gasteiger charge is 2.74. The van der Waals surface area contributed by atoms with E-state index in [1.54, 1.807) is 6.07 Å². The van der Waals surface area contributed by atoms with Crippen LogP contribution in [0.4, 0.5) is 13.2 Å². The summed E-state index contributed by atoms with van der Waals surface area (Å²) in [5, 5.41) is 9.17. The molecule has 3 atom stereocenters. The molecule has 2 aliphatic heterocycles. The minimum absolute atomic E-state index is 0.0408. The molecular weight excluding hydrogens is 475 g/mol. The Bertz CT molecular complexity index is 1370. The molecule has 1 saturated carbocycles. The summed E-state index contributed by atoms with van der Waals surface area (Å²) in [5.74, 6) is -3.84. The highest BCUT2D eigenvalue weighted by atomic mass is 32.2. The van der Waals surface area contributed by atoms with Crippen LogP contribution in [0.15, 0.2) is 41.5 Å². The highest BCUT2D eigenvalue weighted by Crippen LogP contribution is 2.70. The number of fused-ring (bicyclic) bond motifs is 4. The fourth-order valence-corrected chi connectivity index (χ4v) is 6.99. The maximum Gasteiger partial charge on any atom is 0.267 e. The standard InChI is InChI=1S/C25H20F3N5OS/c26-18(19-4-2-15(11-29)12-31-19)8-14-1-3-16-9-24(17(16)7-14)20-10-25(20,35-22(30)32-24)21(34)33-6-5-23(27,28)13-33/h1-4,7-8,12,20H,5-6,9-10,13H2,(H2,30,32)/b18-8-/t20-,24+,25-/m0/s1. The lowest BCUT2D eigenvalue weighted by atomic mass is 9.66. The Balaban J connectivity index is 1.30. The van der Waals surface area contributed by atoms with Gasteiger partial charge in [0.05, 0.1) is 23.3 Å². The number of thioether (sulfide) groups is 1. The summed E-state index contributed by atoms with van der Waals surface area (Å²) < 4.78 is 41.5. The van der Waals surface area contributed by atoms with E-state index in [0.717, 1.165) is 11.1 Å². The summed E-state index contributed by atoms with van der Waals surface area (Å²) in [4.78, 5) is 23.3. The molecule has 6 nitrogen and oxygen atoms in total. The quantitative estimate of drug-likeness (QED) is 0.698. The largest absolute Gasteiger partial charge is 0.378 e. The number of aromatic nitrogens is 1. The minimum atomic E-state index is -2.86. The summed E-state index contributed by atoms with van der Waals surface area (Å²) in [6, 6.07) is 10.5. The number of hydrogen-bond donors (Lipinski definition) is 1. The Morgan fingerprint density at radius 1 is 1.31 bits per heavy atom. The molecule has 1 aromatic carbocycles. The van der Waals surface area contributed by atoms with E-state index >= 15 is 0 Å². The lowest BCUT2D eigenvalue weighted by Gasteiger charge is -2.45. The fraction of sp³-hybridized carbons (Fsp3) is 0.360. The van der Waals surface area contributed by atoms with Crippen molar-refractivity contribution in [3.8, 4) is 6.07 Å². The Hall–Kier alpha value is -3.32. The number of likely N-dealkylation sites (tertiary alicyclic amines) is 1. The Morgan fingerprint density at radius 2 is 2.14 bits per heavy atom. The average Bonchev–Trinajstić information content (AvgIpc) is 3.46. The maximum atomic E-state index is 14.8. The molecule has 2 fully saturated rings. The number of carbonyl (C=O) groups excluding carboxylic acids is 1. The highest BCUT2D eigenvalue weighted by molar-refractivity contribution is 8.15. The van der Waals surface area contributed by atoms with E-state index in [-0.39, 0.29) is 35.7 Å². The van der Waals surface area contributed by atoms with Crippen LogP contribution >= 0.6 is 11.8 Å². The molecule has 10 heteroatoms. The van der Waals surface area contributed by atoms with Crippen LogP contribution in [0.25, 0.3) is 11.9 Å². The molecule has 3 heterocycles. The van der Waals surface area contributed by atoms with Gasteiger partial charge < -0.3 is 10.6 Å². The smallest absolute Gasteiger partial charge is 0.267 e. The molecular formula is C25H20F3N5OS. The summed E-state index contributed by atoms with van der Waals surface area (Å²) in [5.41, 5.74) is 8.48. The Morgan fingerprint density at radius 3 is 2.83 bits per heavy atom. The number of alkyl halides is 2. The first-order valence-corrected chi connectivity index (χ1v) is 12.1. The Labute approximate surface area is 203 Å². The summed E-state index contributed by atoms with van der Waals surface area (Å²) in [7, 11) is 0. The van der Waals surface area contributed by atoms with Gasteiger partial charge in [0.15, 0.2) is 5.17 Å². The van der Waals surface area contributed by atoms with Crippen molar-refractivity contribution in [3.05, 3.63) is 64.5 Å². The number of halogens is 3. The molecule has 2 N–H and O–H groups in total. The van der Waals surface area contributed by atoms with Gasteiger partial charge in [0.2, 0.25) is 5.91 Å². The number of amidine groups is 1. The van der Waals surface area contributed by atoms with E-state index in [0.29, 0.717) is 24.0 Å². The van der Waals surface area contributed by atoms with E-state index in [4.69, 9.17) is 16.0 Å². The van der Waals surface area contributed by atoms with Crippen molar-refractivity contribution in [2.24, 2.45) is 16.6 Å². The SMILES string of the molecule is N#Cc1ccc(/C(F)=C/c2ccc3c(c2)[C@@]2(C3)N=C(N)S[C@@]3(C(=O)N4CCC(F)(F)C4)C[C@H]32)nc1. The third kappa shape index (κ3) is 3.36. The first-order valence-electron chi connectivity index (χ1n) is 11.2. The van der Waals surface area contributed by atoms with E-state index in [2.05, 4.69) is 4.98 Å². The lowest BCUT2D eigenvalue weighted by molar-refractivity contribution is -0.132. The molecule has 0 radical (unpaired) electrons. The second-order valence-corrected chi connectivity index (χ2v) is 10.9. The van der Waals surface area contributed by atoms with Crippen LogP contribution in [0.1, 0.15) is 40.8 Å². The van der Waals surface area contributed by atoms with Crippen molar-refractivity contribution >= 4 is 34.7 Å². The number of carbonyl (C=O) groups is 1. The van der Waals surface area contributed by atoms with Crippen molar-refractivity contribution in [3.63, 3.8) is 0 Å². The molecule has 1 aromatic heterocycles. The third-order valence-electron chi connectivity index (χ3n) is 7.39. The van der Waals surface area contributed by atoms with E-state index in [1.165, 1.54) is 41.1 Å². The Kier molecular flexibility index (Phi) is 4.65. The van der Waals surface area contributed by atoms with Crippen LogP contribution < -0.4 is 5.73 Å². The number of nitriles is 1. The van der Waals surface area contributed by atoms with E-state index < -0.39 is 28.6 Å². The van der Waals surface area contributed by atoms with Crippen LogP contribution in [-0.2, 0) is 16.8 Å². The van der Waals surface area contributed by atoms with Crippen molar-refractivity contribution in [1.82, 2.24) is 9.88 Å². The summed E-state index contributed by atoms with van der Waals surface area (Å²) in [6.07, 6.45) is 3.47. The molecule has 0 bridgehead atoms. The van der Waals surface area contributed by atoms with Crippen molar-refractivity contribution in [2.75, 3.05) is 13.1 Å². The lowest BCUT2D eigenvalue weighted by Crippen LogP contribution is -2.50. The van der Waals surface area contributed by atoms with Gasteiger partial charge in [-0.25, -0.2) is 13.2 Å². The number of amides is 1. The van der Waals surface area contributed by atoms with Gasteiger partial charge >= 0.3 is 0 Å². The van der Waals surface area contributed by atoms with Crippen LogP contribution in [0.5, 0.6) is 0 Å². The molecule has 6 rings (SSSR count). The van der Waals surface area contributed by atoms with Crippen LogP contribution in [0.3, 0.4) is 0 Å². The number of hydrogen-bond acceptors (Lipinski definition) is 6. The molecule has 1 spiro atoms. The zero-order valence-corrected chi connectivity index (χ0v) is 19.3. The summed E-state index contributed by atoms with van der Waals surface area (Å²) in [6.45, 7) is -0.516. The van der Waals surface area contributed by atoms with Gasteiger partial charge in [-0.2, -0.15) is 5.26 Å². The molecule has 2 aliphatic carbocycles. The van der Waals surface area contributed by atoms with Gasteiger partial charge in [0, 0.05) is 31.5 Å². The molecule has 35 heavy (non-hydrogen) atoms. The van der Waals surface area contributed by atoms with Gasteiger partial charge in [-0.05, 0) is 47.4 Å². The molecule has 0 unspecified atom stereocenters. The normalized spacial score (nSPS) is 30.1. The molecule has 2 aromatic rings. The van der Waals surface area contributed by atoms with Gasteiger partial charge in [0.1, 0.15) is 16.6 Å². The van der Waals surface area contributed by atoms with Crippen LogP contribution in [0, 0.1) is 17.2 Å². The summed E-state index contributed by atoms with van der Waals surface area (Å²) >= 11 is 1.19. The zero-order valence-electron chi connectivity index (χ0n) is 18.5. The number of benzene rings is 1. The topological polar surface area (TPSA) is 95.4 Å². The minimum Gasteiger partial charge on any atom is -0.378 e. The number of nitrogens with zero attached hydrogens (tertiary/aromatic N) is 4. The second kappa shape index (κ2) is 7.34.